The molecule has 0 aliphatic heterocycles. The SMILES string of the molecule is O=C(CCCC(=O)Oc1c(Cl)cccc1Cl)OCC1CCCCC1. The Balaban J connectivity index is 1.64. The molecule has 1 aromatic carbocycles. The lowest BCUT2D eigenvalue weighted by Gasteiger charge is -2.20. The summed E-state index contributed by atoms with van der Waals surface area (Å²) in [5.41, 5.74) is 0. The van der Waals surface area contributed by atoms with Crippen LogP contribution in [-0.2, 0) is 14.3 Å². The van der Waals surface area contributed by atoms with E-state index in [-0.39, 0.29) is 34.6 Å². The predicted molar refractivity (Wildman–Crippen MR) is 93.5 cm³/mol. The van der Waals surface area contributed by atoms with Gasteiger partial charge in [-0.3, -0.25) is 9.59 Å². The zero-order valence-corrected chi connectivity index (χ0v) is 15.1. The van der Waals surface area contributed by atoms with Crippen molar-refractivity contribution in [2.24, 2.45) is 5.92 Å². The van der Waals surface area contributed by atoms with Crippen molar-refractivity contribution in [3.63, 3.8) is 0 Å². The van der Waals surface area contributed by atoms with Gasteiger partial charge >= 0.3 is 11.9 Å². The van der Waals surface area contributed by atoms with Gasteiger partial charge in [0.05, 0.1) is 16.7 Å². The van der Waals surface area contributed by atoms with E-state index in [1.165, 1.54) is 19.3 Å². The maximum atomic E-state index is 11.8. The molecular formula is C18H22Cl2O4. The normalized spacial score (nSPS) is 15.1. The first-order chi connectivity index (χ1) is 11.6. The van der Waals surface area contributed by atoms with Crippen molar-refractivity contribution in [1.29, 1.82) is 0 Å². The molecule has 0 N–H and O–H groups in total. The Morgan fingerprint density at radius 2 is 1.62 bits per heavy atom. The summed E-state index contributed by atoms with van der Waals surface area (Å²) in [5.74, 6) is -0.0741. The van der Waals surface area contributed by atoms with Crippen molar-refractivity contribution in [2.75, 3.05) is 6.61 Å². The zero-order chi connectivity index (χ0) is 17.4. The van der Waals surface area contributed by atoms with E-state index < -0.39 is 5.97 Å². The van der Waals surface area contributed by atoms with Gasteiger partial charge in [0.15, 0.2) is 5.75 Å². The summed E-state index contributed by atoms with van der Waals surface area (Å²) in [5, 5.41) is 0.561. The molecule has 1 fully saturated rings. The van der Waals surface area contributed by atoms with Crippen LogP contribution in [0.1, 0.15) is 51.4 Å². The zero-order valence-electron chi connectivity index (χ0n) is 13.6. The van der Waals surface area contributed by atoms with Gasteiger partial charge in [0.25, 0.3) is 0 Å². The van der Waals surface area contributed by atoms with Crippen molar-refractivity contribution < 1.29 is 19.1 Å². The summed E-state index contributed by atoms with van der Waals surface area (Å²) in [6.45, 7) is 0.499. The molecule has 0 saturated heterocycles. The second-order valence-electron chi connectivity index (χ2n) is 6.07. The number of hydrogen-bond donors (Lipinski definition) is 0. The smallest absolute Gasteiger partial charge is 0.311 e. The molecule has 4 nitrogen and oxygen atoms in total. The number of para-hydroxylation sites is 1. The summed E-state index contributed by atoms with van der Waals surface area (Å²) in [7, 11) is 0. The van der Waals surface area contributed by atoms with Gasteiger partial charge in [0.1, 0.15) is 0 Å². The van der Waals surface area contributed by atoms with Gasteiger partial charge in [-0.25, -0.2) is 0 Å². The average molecular weight is 373 g/mol. The van der Waals surface area contributed by atoms with Gasteiger partial charge in [-0.1, -0.05) is 48.5 Å². The molecule has 0 amide bonds. The van der Waals surface area contributed by atoms with E-state index in [2.05, 4.69) is 0 Å². The summed E-state index contributed by atoms with van der Waals surface area (Å²) in [6, 6.07) is 4.86. The molecule has 0 aromatic heterocycles. The highest BCUT2D eigenvalue weighted by molar-refractivity contribution is 6.37. The van der Waals surface area contributed by atoms with Crippen molar-refractivity contribution in [3.05, 3.63) is 28.2 Å². The van der Waals surface area contributed by atoms with Crippen LogP contribution in [0.5, 0.6) is 5.75 Å². The minimum atomic E-state index is -0.468. The highest BCUT2D eigenvalue weighted by Gasteiger charge is 2.16. The Kier molecular flexibility index (Phi) is 7.86. The van der Waals surface area contributed by atoms with Crippen LogP contribution < -0.4 is 4.74 Å². The number of halogens is 2. The van der Waals surface area contributed by atoms with Crippen LogP contribution in [0.4, 0.5) is 0 Å². The molecule has 1 aliphatic rings. The van der Waals surface area contributed by atoms with Gasteiger partial charge in [0, 0.05) is 12.8 Å². The van der Waals surface area contributed by atoms with Crippen LogP contribution in [0.3, 0.4) is 0 Å². The minimum absolute atomic E-state index is 0.111. The molecule has 0 heterocycles. The summed E-state index contributed by atoms with van der Waals surface area (Å²) >= 11 is 11.9. The molecule has 24 heavy (non-hydrogen) atoms. The van der Waals surface area contributed by atoms with E-state index >= 15 is 0 Å². The van der Waals surface area contributed by atoms with E-state index in [4.69, 9.17) is 32.7 Å². The number of hydrogen-bond acceptors (Lipinski definition) is 4. The molecule has 1 aromatic rings. The second kappa shape index (κ2) is 9.90. The molecule has 1 saturated carbocycles. The standard InChI is InChI=1S/C18H22Cl2O4/c19-14-8-4-9-15(20)18(14)24-17(22)11-5-10-16(21)23-12-13-6-2-1-3-7-13/h4,8-9,13H,1-3,5-7,10-12H2. The number of esters is 2. The fourth-order valence-corrected chi connectivity index (χ4v) is 3.23. The molecule has 0 atom stereocenters. The Morgan fingerprint density at radius 3 is 2.29 bits per heavy atom. The van der Waals surface area contributed by atoms with Crippen molar-refractivity contribution in [2.45, 2.75) is 51.4 Å². The Bertz CT molecular complexity index is 548. The van der Waals surface area contributed by atoms with Crippen LogP contribution in [0.25, 0.3) is 0 Å². The summed E-state index contributed by atoms with van der Waals surface area (Å²) < 4.78 is 10.4. The third kappa shape index (κ3) is 6.33. The molecule has 2 rings (SSSR count). The number of ether oxygens (including phenoxy) is 2. The quantitative estimate of drug-likeness (QED) is 0.487. The Labute approximate surface area is 152 Å². The molecule has 0 bridgehead atoms. The lowest BCUT2D eigenvalue weighted by Crippen LogP contribution is -2.17. The van der Waals surface area contributed by atoms with Crippen molar-refractivity contribution >= 4 is 35.1 Å². The molecule has 6 heteroatoms. The first kappa shape index (κ1) is 19.1. The third-order valence-electron chi connectivity index (χ3n) is 4.10. The fourth-order valence-electron chi connectivity index (χ4n) is 2.76. The molecular weight excluding hydrogens is 351 g/mol. The van der Waals surface area contributed by atoms with Crippen molar-refractivity contribution in [3.8, 4) is 5.75 Å². The van der Waals surface area contributed by atoms with E-state index in [1.54, 1.807) is 18.2 Å². The van der Waals surface area contributed by atoms with Gasteiger partial charge in [-0.15, -0.1) is 0 Å². The topological polar surface area (TPSA) is 52.6 Å². The maximum Gasteiger partial charge on any atom is 0.311 e. The number of benzene rings is 1. The minimum Gasteiger partial charge on any atom is -0.465 e. The summed E-state index contributed by atoms with van der Waals surface area (Å²) in [6.07, 6.45) is 6.69. The number of carbonyl (C=O) groups is 2. The van der Waals surface area contributed by atoms with Gasteiger partial charge in [-0.2, -0.15) is 0 Å². The lowest BCUT2D eigenvalue weighted by atomic mass is 9.90. The third-order valence-corrected chi connectivity index (χ3v) is 4.70. The van der Waals surface area contributed by atoms with Gasteiger partial charge in [-0.05, 0) is 37.3 Å². The Morgan fingerprint density at radius 1 is 1.00 bits per heavy atom. The number of rotatable bonds is 7. The molecule has 0 spiro atoms. The predicted octanol–water partition coefficient (Wildman–Crippen LogP) is 5.19. The van der Waals surface area contributed by atoms with E-state index in [9.17, 15) is 9.59 Å². The first-order valence-corrected chi connectivity index (χ1v) is 9.12. The van der Waals surface area contributed by atoms with Crippen LogP contribution in [-0.4, -0.2) is 18.5 Å². The maximum absolute atomic E-state index is 11.8. The molecule has 0 unspecified atom stereocenters. The van der Waals surface area contributed by atoms with Crippen LogP contribution in [0, 0.1) is 5.92 Å². The number of carbonyl (C=O) groups excluding carboxylic acids is 2. The summed E-state index contributed by atoms with van der Waals surface area (Å²) in [4.78, 5) is 23.5. The monoisotopic (exact) mass is 372 g/mol. The van der Waals surface area contributed by atoms with Crippen molar-refractivity contribution in [1.82, 2.24) is 0 Å². The van der Waals surface area contributed by atoms with Crippen LogP contribution >= 0.6 is 23.2 Å². The highest BCUT2D eigenvalue weighted by atomic mass is 35.5. The van der Waals surface area contributed by atoms with Crippen LogP contribution in [0.15, 0.2) is 18.2 Å². The highest BCUT2D eigenvalue weighted by Crippen LogP contribution is 2.32. The van der Waals surface area contributed by atoms with E-state index in [1.807, 2.05) is 0 Å². The first-order valence-electron chi connectivity index (χ1n) is 8.36. The van der Waals surface area contributed by atoms with Gasteiger partial charge < -0.3 is 9.47 Å². The van der Waals surface area contributed by atoms with E-state index in [0.29, 0.717) is 18.9 Å². The second-order valence-corrected chi connectivity index (χ2v) is 6.88. The van der Waals surface area contributed by atoms with Gasteiger partial charge in [0.2, 0.25) is 0 Å². The van der Waals surface area contributed by atoms with E-state index in [0.717, 1.165) is 12.8 Å². The molecule has 1 aliphatic carbocycles. The Hall–Kier alpha value is -1.26. The lowest BCUT2D eigenvalue weighted by molar-refractivity contribution is -0.145. The average Bonchev–Trinajstić information content (AvgIpc) is 2.57. The van der Waals surface area contributed by atoms with Crippen LogP contribution in [0.2, 0.25) is 10.0 Å². The fraction of sp³-hybridized carbons (Fsp3) is 0.556. The molecule has 132 valence electrons. The molecule has 0 radical (unpaired) electrons. The largest absolute Gasteiger partial charge is 0.465 e.